The van der Waals surface area contributed by atoms with Crippen LogP contribution in [0.25, 0.3) is 0 Å². The summed E-state index contributed by atoms with van der Waals surface area (Å²) in [6, 6.07) is 4.32. The van der Waals surface area contributed by atoms with Crippen molar-refractivity contribution in [1.82, 2.24) is 5.32 Å². The highest BCUT2D eigenvalue weighted by atomic mass is 16.5. The zero-order chi connectivity index (χ0) is 13.1. The summed E-state index contributed by atoms with van der Waals surface area (Å²) in [5.41, 5.74) is 3.69. The Kier molecular flexibility index (Phi) is 4.25. The van der Waals surface area contributed by atoms with Gasteiger partial charge in [0.05, 0.1) is 18.8 Å². The van der Waals surface area contributed by atoms with Crippen LogP contribution >= 0.6 is 0 Å². The first-order valence-corrected chi connectivity index (χ1v) is 6.72. The van der Waals surface area contributed by atoms with Crippen LogP contribution in [0.5, 0.6) is 5.75 Å². The molecule has 0 spiro atoms. The molecule has 0 amide bonds. The van der Waals surface area contributed by atoms with Crippen molar-refractivity contribution in [2.45, 2.75) is 39.9 Å². The SMILES string of the molecule is CCOc1cc(C)c(C2CNCC(C)O2)cc1C. The lowest BCUT2D eigenvalue weighted by atomic mass is 9.99. The summed E-state index contributed by atoms with van der Waals surface area (Å²) in [7, 11) is 0. The van der Waals surface area contributed by atoms with Crippen molar-refractivity contribution in [2.24, 2.45) is 0 Å². The second kappa shape index (κ2) is 5.72. The molecule has 2 atom stereocenters. The highest BCUT2D eigenvalue weighted by Crippen LogP contribution is 2.30. The largest absolute Gasteiger partial charge is 0.494 e. The molecule has 2 rings (SSSR count). The van der Waals surface area contributed by atoms with E-state index in [0.717, 1.165) is 18.8 Å². The molecule has 1 heterocycles. The van der Waals surface area contributed by atoms with Gasteiger partial charge in [-0.3, -0.25) is 0 Å². The van der Waals surface area contributed by atoms with E-state index in [2.05, 4.69) is 38.2 Å². The third-order valence-corrected chi connectivity index (χ3v) is 3.37. The van der Waals surface area contributed by atoms with Gasteiger partial charge in [0.2, 0.25) is 0 Å². The molecule has 0 bridgehead atoms. The molecule has 1 saturated heterocycles. The summed E-state index contributed by atoms with van der Waals surface area (Å²) in [4.78, 5) is 0. The normalized spacial score (nSPS) is 24.0. The van der Waals surface area contributed by atoms with Gasteiger partial charge in [0, 0.05) is 13.1 Å². The summed E-state index contributed by atoms with van der Waals surface area (Å²) in [6.45, 7) is 10.9. The fourth-order valence-corrected chi connectivity index (χ4v) is 2.45. The number of rotatable bonds is 3. The third kappa shape index (κ3) is 2.85. The van der Waals surface area contributed by atoms with Crippen LogP contribution in [0, 0.1) is 13.8 Å². The van der Waals surface area contributed by atoms with E-state index >= 15 is 0 Å². The smallest absolute Gasteiger partial charge is 0.122 e. The van der Waals surface area contributed by atoms with Crippen LogP contribution in [0.1, 0.15) is 36.6 Å². The van der Waals surface area contributed by atoms with E-state index in [4.69, 9.17) is 9.47 Å². The Morgan fingerprint density at radius 1 is 1.28 bits per heavy atom. The Balaban J connectivity index is 2.25. The fraction of sp³-hybridized carbons (Fsp3) is 0.600. The number of morpholine rings is 1. The molecule has 1 aliphatic heterocycles. The molecule has 3 heteroatoms. The first-order valence-electron chi connectivity index (χ1n) is 6.72. The lowest BCUT2D eigenvalue weighted by Crippen LogP contribution is -2.39. The van der Waals surface area contributed by atoms with E-state index in [1.807, 2.05) is 6.92 Å². The zero-order valence-corrected chi connectivity index (χ0v) is 11.7. The predicted octanol–water partition coefficient (Wildman–Crippen LogP) is 2.75. The molecular weight excluding hydrogens is 226 g/mol. The molecule has 1 aromatic carbocycles. The predicted molar refractivity (Wildman–Crippen MR) is 73.2 cm³/mol. The standard InChI is InChI=1S/C15H23NO2/c1-5-17-14-7-10(2)13(6-11(14)3)15-9-16-8-12(4)18-15/h6-7,12,15-16H,5,8-9H2,1-4H3. The van der Waals surface area contributed by atoms with Crippen molar-refractivity contribution < 1.29 is 9.47 Å². The Bertz CT molecular complexity index is 417. The minimum absolute atomic E-state index is 0.156. The lowest BCUT2D eigenvalue weighted by Gasteiger charge is -2.30. The molecule has 1 aliphatic rings. The molecule has 18 heavy (non-hydrogen) atoms. The van der Waals surface area contributed by atoms with Gasteiger partial charge in [0.25, 0.3) is 0 Å². The number of benzene rings is 1. The zero-order valence-electron chi connectivity index (χ0n) is 11.7. The van der Waals surface area contributed by atoms with Crippen LogP contribution in [0.15, 0.2) is 12.1 Å². The van der Waals surface area contributed by atoms with Crippen LogP contribution in [-0.2, 0) is 4.74 Å². The molecular formula is C15H23NO2. The summed E-state index contributed by atoms with van der Waals surface area (Å²) < 4.78 is 11.6. The van der Waals surface area contributed by atoms with Crippen molar-refractivity contribution >= 4 is 0 Å². The first kappa shape index (κ1) is 13.4. The maximum Gasteiger partial charge on any atom is 0.122 e. The molecule has 1 N–H and O–H groups in total. The molecule has 0 saturated carbocycles. The molecule has 2 unspecified atom stereocenters. The Morgan fingerprint density at radius 3 is 2.72 bits per heavy atom. The van der Waals surface area contributed by atoms with Crippen molar-refractivity contribution in [3.63, 3.8) is 0 Å². The number of nitrogens with one attached hydrogen (secondary N) is 1. The summed E-state index contributed by atoms with van der Waals surface area (Å²) in [6.07, 6.45) is 0.429. The number of hydrogen-bond donors (Lipinski definition) is 1. The second-order valence-corrected chi connectivity index (χ2v) is 5.00. The lowest BCUT2D eigenvalue weighted by molar-refractivity contribution is -0.0290. The van der Waals surface area contributed by atoms with Gasteiger partial charge in [-0.15, -0.1) is 0 Å². The topological polar surface area (TPSA) is 30.5 Å². The molecule has 0 aliphatic carbocycles. The van der Waals surface area contributed by atoms with Crippen LogP contribution in [0.3, 0.4) is 0 Å². The van der Waals surface area contributed by atoms with E-state index < -0.39 is 0 Å². The Labute approximate surface area is 109 Å². The molecule has 3 nitrogen and oxygen atoms in total. The minimum Gasteiger partial charge on any atom is -0.494 e. The van der Waals surface area contributed by atoms with Gasteiger partial charge in [0.1, 0.15) is 5.75 Å². The van der Waals surface area contributed by atoms with Gasteiger partial charge >= 0.3 is 0 Å². The Morgan fingerprint density at radius 2 is 2.06 bits per heavy atom. The van der Waals surface area contributed by atoms with E-state index in [-0.39, 0.29) is 12.2 Å². The van der Waals surface area contributed by atoms with Crippen LogP contribution in [0.4, 0.5) is 0 Å². The van der Waals surface area contributed by atoms with Crippen LogP contribution < -0.4 is 10.1 Å². The monoisotopic (exact) mass is 249 g/mol. The first-order chi connectivity index (χ1) is 8.61. The van der Waals surface area contributed by atoms with Gasteiger partial charge in [-0.25, -0.2) is 0 Å². The molecule has 0 radical (unpaired) electrons. The minimum atomic E-state index is 0.156. The van der Waals surface area contributed by atoms with E-state index in [9.17, 15) is 0 Å². The molecule has 0 aromatic heterocycles. The van der Waals surface area contributed by atoms with E-state index in [1.54, 1.807) is 0 Å². The van der Waals surface area contributed by atoms with Gasteiger partial charge in [0.15, 0.2) is 0 Å². The summed E-state index contributed by atoms with van der Waals surface area (Å²) >= 11 is 0. The van der Waals surface area contributed by atoms with E-state index in [0.29, 0.717) is 6.61 Å². The highest BCUT2D eigenvalue weighted by molar-refractivity contribution is 5.42. The van der Waals surface area contributed by atoms with Crippen LogP contribution in [-0.4, -0.2) is 25.8 Å². The second-order valence-electron chi connectivity index (χ2n) is 5.00. The van der Waals surface area contributed by atoms with Crippen molar-refractivity contribution in [1.29, 1.82) is 0 Å². The molecule has 1 fully saturated rings. The van der Waals surface area contributed by atoms with Gasteiger partial charge in [-0.1, -0.05) is 0 Å². The maximum atomic E-state index is 6.00. The quantitative estimate of drug-likeness (QED) is 0.893. The van der Waals surface area contributed by atoms with Crippen molar-refractivity contribution in [2.75, 3.05) is 19.7 Å². The Hall–Kier alpha value is -1.06. The van der Waals surface area contributed by atoms with Crippen LogP contribution in [0.2, 0.25) is 0 Å². The van der Waals surface area contributed by atoms with E-state index in [1.165, 1.54) is 16.7 Å². The van der Waals surface area contributed by atoms with Crippen molar-refractivity contribution in [3.8, 4) is 5.75 Å². The van der Waals surface area contributed by atoms with Crippen molar-refractivity contribution in [3.05, 3.63) is 28.8 Å². The highest BCUT2D eigenvalue weighted by Gasteiger charge is 2.22. The average Bonchev–Trinajstić information content (AvgIpc) is 2.33. The molecule has 1 aromatic rings. The summed E-state index contributed by atoms with van der Waals surface area (Å²) in [5.74, 6) is 0.982. The number of aryl methyl sites for hydroxylation is 2. The van der Waals surface area contributed by atoms with Gasteiger partial charge in [-0.05, 0) is 56.5 Å². The maximum absolute atomic E-state index is 6.00. The fourth-order valence-electron chi connectivity index (χ4n) is 2.45. The third-order valence-electron chi connectivity index (χ3n) is 3.37. The summed E-state index contributed by atoms with van der Waals surface area (Å²) in [5, 5.41) is 3.41. The van der Waals surface area contributed by atoms with Gasteiger partial charge in [-0.2, -0.15) is 0 Å². The average molecular weight is 249 g/mol. The van der Waals surface area contributed by atoms with Gasteiger partial charge < -0.3 is 14.8 Å². The number of ether oxygens (including phenoxy) is 2. The molecule has 100 valence electrons. The number of hydrogen-bond acceptors (Lipinski definition) is 3.